The third-order valence-corrected chi connectivity index (χ3v) is 8.15. The zero-order chi connectivity index (χ0) is 21.0. The largest absolute Gasteiger partial charge is 0.353 e. The van der Waals surface area contributed by atoms with E-state index in [-0.39, 0.29) is 46.6 Å². The molecule has 1 N–H and O–H groups in total. The van der Waals surface area contributed by atoms with Gasteiger partial charge in [0.1, 0.15) is 4.90 Å². The van der Waals surface area contributed by atoms with Gasteiger partial charge in [0, 0.05) is 37.2 Å². The first-order valence-corrected chi connectivity index (χ1v) is 11.9. The number of benzene rings is 1. The molecule has 0 radical (unpaired) electrons. The second-order valence-corrected chi connectivity index (χ2v) is 10.1. The molecule has 1 aromatic rings. The van der Waals surface area contributed by atoms with E-state index in [1.54, 1.807) is 0 Å². The van der Waals surface area contributed by atoms with Crippen molar-refractivity contribution in [2.24, 2.45) is 5.92 Å². The number of nitro benzene ring substituents is 1. The van der Waals surface area contributed by atoms with E-state index in [1.807, 2.05) is 0 Å². The minimum absolute atomic E-state index is 0.00216. The van der Waals surface area contributed by atoms with Crippen LogP contribution in [0.4, 0.5) is 5.69 Å². The second kappa shape index (κ2) is 9.40. The van der Waals surface area contributed by atoms with Gasteiger partial charge in [-0.15, -0.1) is 0 Å². The number of nitro groups is 1. The van der Waals surface area contributed by atoms with Gasteiger partial charge in [0.05, 0.1) is 9.95 Å². The van der Waals surface area contributed by atoms with E-state index in [2.05, 4.69) is 5.32 Å². The molecule has 10 heteroatoms. The minimum atomic E-state index is -3.96. The molecule has 1 aliphatic carbocycles. The minimum Gasteiger partial charge on any atom is -0.353 e. The Kier molecular flexibility index (Phi) is 7.13. The van der Waals surface area contributed by atoms with E-state index in [4.69, 9.17) is 11.6 Å². The van der Waals surface area contributed by atoms with E-state index in [0.717, 1.165) is 31.7 Å². The molecule has 0 bridgehead atoms. The average molecular weight is 444 g/mol. The number of nitrogens with zero attached hydrogens (tertiary/aromatic N) is 2. The maximum absolute atomic E-state index is 12.9. The fourth-order valence-corrected chi connectivity index (χ4v) is 6.01. The summed E-state index contributed by atoms with van der Waals surface area (Å²) in [6, 6.07) is 3.60. The van der Waals surface area contributed by atoms with Crippen LogP contribution in [0.1, 0.15) is 51.4 Å². The number of nitrogens with one attached hydrogen (secondary N) is 1. The molecule has 0 spiro atoms. The summed E-state index contributed by atoms with van der Waals surface area (Å²) in [5.41, 5.74) is -0.328. The van der Waals surface area contributed by atoms with Crippen molar-refractivity contribution >= 4 is 33.2 Å². The molecular formula is C19H26ClN3O5S. The van der Waals surface area contributed by atoms with Crippen LogP contribution >= 0.6 is 11.6 Å². The first kappa shape index (κ1) is 22.0. The third kappa shape index (κ3) is 5.26. The van der Waals surface area contributed by atoms with E-state index >= 15 is 0 Å². The molecule has 3 rings (SSSR count). The molecule has 1 aliphatic heterocycles. The van der Waals surface area contributed by atoms with Gasteiger partial charge in [0.15, 0.2) is 0 Å². The molecule has 2 aliphatic rings. The molecule has 0 atom stereocenters. The quantitative estimate of drug-likeness (QED) is 0.425. The lowest BCUT2D eigenvalue weighted by molar-refractivity contribution is -0.385. The van der Waals surface area contributed by atoms with Crippen LogP contribution in [0, 0.1) is 16.0 Å². The molecular weight excluding hydrogens is 418 g/mol. The molecule has 0 aromatic heterocycles. The summed E-state index contributed by atoms with van der Waals surface area (Å²) < 4.78 is 27.1. The molecule has 1 heterocycles. The van der Waals surface area contributed by atoms with Gasteiger partial charge in [-0.05, 0) is 31.7 Å². The maximum Gasteiger partial charge on any atom is 0.270 e. The SMILES string of the molecule is O=C(NC1CCCCCC1)C1CCN(S(=O)(=O)c2cc([N+](=O)[O-])ccc2Cl)CC1. The van der Waals surface area contributed by atoms with Gasteiger partial charge in [0.2, 0.25) is 15.9 Å². The van der Waals surface area contributed by atoms with Crippen molar-refractivity contribution in [2.75, 3.05) is 13.1 Å². The van der Waals surface area contributed by atoms with Crippen LogP contribution in [0.5, 0.6) is 0 Å². The number of amides is 1. The van der Waals surface area contributed by atoms with E-state index in [1.165, 1.54) is 29.3 Å². The lowest BCUT2D eigenvalue weighted by atomic mass is 9.96. The smallest absolute Gasteiger partial charge is 0.270 e. The molecule has 2 fully saturated rings. The van der Waals surface area contributed by atoms with Gasteiger partial charge in [-0.2, -0.15) is 4.31 Å². The Labute approximate surface area is 175 Å². The highest BCUT2D eigenvalue weighted by Gasteiger charge is 2.34. The highest BCUT2D eigenvalue weighted by molar-refractivity contribution is 7.89. The van der Waals surface area contributed by atoms with Crippen LogP contribution in [0.15, 0.2) is 23.1 Å². The Morgan fingerprint density at radius 1 is 1.10 bits per heavy atom. The van der Waals surface area contributed by atoms with Crippen molar-refractivity contribution in [3.63, 3.8) is 0 Å². The van der Waals surface area contributed by atoms with Crippen LogP contribution in [0.2, 0.25) is 5.02 Å². The summed E-state index contributed by atoms with van der Waals surface area (Å²) in [5.74, 6) is -0.215. The summed E-state index contributed by atoms with van der Waals surface area (Å²) in [6.07, 6.45) is 7.53. The molecule has 8 nitrogen and oxygen atoms in total. The second-order valence-electron chi connectivity index (χ2n) is 7.75. The van der Waals surface area contributed by atoms with Crippen LogP contribution in [-0.4, -0.2) is 42.7 Å². The Morgan fingerprint density at radius 2 is 1.72 bits per heavy atom. The Hall–Kier alpha value is -1.71. The number of sulfonamides is 1. The number of carbonyl (C=O) groups excluding carboxylic acids is 1. The van der Waals surface area contributed by atoms with Crippen molar-refractivity contribution in [3.8, 4) is 0 Å². The molecule has 1 amide bonds. The number of halogens is 1. The van der Waals surface area contributed by atoms with Crippen molar-refractivity contribution in [2.45, 2.75) is 62.3 Å². The number of hydrogen-bond acceptors (Lipinski definition) is 5. The predicted octanol–water partition coefficient (Wildman–Crippen LogP) is 3.49. The summed E-state index contributed by atoms with van der Waals surface area (Å²) in [6.45, 7) is 0.369. The van der Waals surface area contributed by atoms with E-state index in [0.29, 0.717) is 12.8 Å². The van der Waals surface area contributed by atoms with Crippen LogP contribution in [0.25, 0.3) is 0 Å². The van der Waals surface area contributed by atoms with Gasteiger partial charge in [-0.1, -0.05) is 37.3 Å². The number of carbonyl (C=O) groups is 1. The van der Waals surface area contributed by atoms with Crippen LogP contribution in [-0.2, 0) is 14.8 Å². The zero-order valence-corrected chi connectivity index (χ0v) is 17.8. The number of piperidine rings is 1. The molecule has 1 aromatic carbocycles. The summed E-state index contributed by atoms with van der Waals surface area (Å²) in [4.78, 5) is 22.7. The molecule has 160 valence electrons. The van der Waals surface area contributed by atoms with Crippen LogP contribution in [0.3, 0.4) is 0 Å². The number of hydrogen-bond donors (Lipinski definition) is 1. The normalized spacial score (nSPS) is 20.2. The Bertz CT molecular complexity index is 861. The van der Waals surface area contributed by atoms with Gasteiger partial charge in [-0.3, -0.25) is 14.9 Å². The Balaban J connectivity index is 1.63. The summed E-state index contributed by atoms with van der Waals surface area (Å²) in [7, 11) is -3.96. The van der Waals surface area contributed by atoms with Crippen molar-refractivity contribution in [3.05, 3.63) is 33.3 Å². The first-order chi connectivity index (χ1) is 13.8. The van der Waals surface area contributed by atoms with Crippen LogP contribution < -0.4 is 5.32 Å². The number of rotatable bonds is 5. The first-order valence-electron chi connectivity index (χ1n) is 10.0. The lowest BCUT2D eigenvalue weighted by Gasteiger charge is -2.31. The maximum atomic E-state index is 12.9. The van der Waals surface area contributed by atoms with Crippen molar-refractivity contribution in [1.29, 1.82) is 0 Å². The summed E-state index contributed by atoms with van der Waals surface area (Å²) >= 11 is 6.01. The van der Waals surface area contributed by atoms with Gasteiger partial charge >= 0.3 is 0 Å². The van der Waals surface area contributed by atoms with Gasteiger partial charge in [0.25, 0.3) is 5.69 Å². The van der Waals surface area contributed by atoms with Gasteiger partial charge in [-0.25, -0.2) is 8.42 Å². The van der Waals surface area contributed by atoms with E-state index < -0.39 is 14.9 Å². The third-order valence-electron chi connectivity index (χ3n) is 5.77. The zero-order valence-electron chi connectivity index (χ0n) is 16.2. The molecule has 1 saturated carbocycles. The monoisotopic (exact) mass is 443 g/mol. The fourth-order valence-electron chi connectivity index (χ4n) is 4.04. The fraction of sp³-hybridized carbons (Fsp3) is 0.632. The highest BCUT2D eigenvalue weighted by Crippen LogP contribution is 2.31. The average Bonchev–Trinajstić information content (AvgIpc) is 2.96. The van der Waals surface area contributed by atoms with E-state index in [9.17, 15) is 23.3 Å². The summed E-state index contributed by atoms with van der Waals surface area (Å²) in [5, 5.41) is 14.1. The number of non-ortho nitro benzene ring substituents is 1. The predicted molar refractivity (Wildman–Crippen MR) is 109 cm³/mol. The molecule has 1 saturated heterocycles. The Morgan fingerprint density at radius 3 is 2.31 bits per heavy atom. The highest BCUT2D eigenvalue weighted by atomic mass is 35.5. The van der Waals surface area contributed by atoms with Crippen molar-refractivity contribution in [1.82, 2.24) is 9.62 Å². The lowest BCUT2D eigenvalue weighted by Crippen LogP contribution is -2.45. The van der Waals surface area contributed by atoms with Crippen molar-refractivity contribution < 1.29 is 18.1 Å². The standard InChI is InChI=1S/C19H26ClN3O5S/c20-17-8-7-16(23(25)26)13-18(17)29(27,28)22-11-9-14(10-12-22)19(24)21-15-5-3-1-2-4-6-15/h7-8,13-15H,1-6,9-12H2,(H,21,24). The molecule has 0 unspecified atom stereocenters. The topological polar surface area (TPSA) is 110 Å². The molecule has 29 heavy (non-hydrogen) atoms. The van der Waals surface area contributed by atoms with Gasteiger partial charge < -0.3 is 5.32 Å².